The number of carbonyl (C=O) groups excluding carboxylic acids is 1. The van der Waals surface area contributed by atoms with Gasteiger partial charge in [0.1, 0.15) is 41.2 Å². The highest BCUT2D eigenvalue weighted by Gasteiger charge is 2.24. The number of carboxylic acid groups (broad SMARTS) is 2. The molecule has 0 atom stereocenters. The molecule has 0 unspecified atom stereocenters. The van der Waals surface area contributed by atoms with Gasteiger partial charge in [-0.3, -0.25) is 0 Å². The molecule has 0 radical (unpaired) electrons. The lowest BCUT2D eigenvalue weighted by atomic mass is 10.2. The Morgan fingerprint density at radius 1 is 0.489 bits per heavy atom. The predicted octanol–water partition coefficient (Wildman–Crippen LogP) is 15.8. The van der Waals surface area contributed by atoms with E-state index in [0.29, 0.717) is 53.3 Å². The SMILES string of the molecule is CCOC(=O)c1nnn(Cc2ccc(OC)cc2)c1Sc1ccc2cc(Cl)ccc2n1.COc1ccc(Cn2nnc(C(=O)O)c2Sc2ccc3cc(Cl)ccc3n2)cc1.Clc1ccc2nc(Br)ccc2c1.O=C(O)c1n[nH]nc1Sc1ccc2cc(Cl)ccc2n1. The number of aromatic nitrogens is 13. The Bertz CT molecular complexity index is 4780. The average molecular weight is 1430 g/mol. The Hall–Kier alpha value is -8.92. The molecule has 6 aromatic carbocycles. The van der Waals surface area contributed by atoms with Gasteiger partial charge in [-0.1, -0.05) is 105 Å². The van der Waals surface area contributed by atoms with Crippen molar-refractivity contribution in [1.82, 2.24) is 65.3 Å². The number of nitrogens with zero attached hydrogens (tertiary/aromatic N) is 12. The van der Waals surface area contributed by atoms with Gasteiger partial charge in [0.05, 0.1) is 56.0 Å². The van der Waals surface area contributed by atoms with Crippen molar-refractivity contribution in [3.8, 4) is 11.5 Å². The summed E-state index contributed by atoms with van der Waals surface area (Å²) in [6.45, 7) is 2.81. The maximum atomic E-state index is 12.5. The summed E-state index contributed by atoms with van der Waals surface area (Å²) in [6, 6.07) is 52.1. The number of hydrogen-bond acceptors (Lipinski definition) is 19. The standard InChI is InChI=1S/C22H19ClN4O3S.C20H15ClN4O3S.C12H7ClN4O2S.C9H5BrClN/c1-3-30-22(28)20-21(27(26-25-20)13-14-4-8-17(29-2)9-5-14)31-19-11-6-15-12-16(23)7-10-18(15)24-19;1-28-15-6-2-12(3-7-15)11-25-19(18(20(26)27)23-24-25)29-17-9-4-13-10-14(21)5-8-16(13)22-17;13-7-2-3-8-6(5-7)1-4-9(14-8)20-11-10(12(18)19)15-17-16-11;10-9-4-1-6-5-7(11)2-3-8(6)12-9/h4-12H,3,13H2,1-2H3;2-10H,11H2,1H3,(H,26,27);1-5H,(H,18,19)(H,15,16,17);1-5H. The molecule has 3 N–H and O–H groups in total. The van der Waals surface area contributed by atoms with Crippen LogP contribution in [0.1, 0.15) is 49.5 Å². The van der Waals surface area contributed by atoms with Crippen LogP contribution in [0.4, 0.5) is 0 Å². The van der Waals surface area contributed by atoms with Crippen molar-refractivity contribution in [3.05, 3.63) is 223 Å². The van der Waals surface area contributed by atoms with Gasteiger partial charge in [-0.2, -0.15) is 5.21 Å². The predicted molar refractivity (Wildman–Crippen MR) is 358 cm³/mol. The minimum atomic E-state index is -1.14. The van der Waals surface area contributed by atoms with E-state index in [1.807, 2.05) is 146 Å². The number of aromatic amines is 1. The van der Waals surface area contributed by atoms with E-state index in [1.165, 1.54) is 23.5 Å². The molecule has 0 aliphatic heterocycles. The van der Waals surface area contributed by atoms with E-state index in [9.17, 15) is 19.5 Å². The van der Waals surface area contributed by atoms with E-state index in [1.54, 1.807) is 54.8 Å². The number of carbonyl (C=O) groups is 3. The second-order valence-electron chi connectivity index (χ2n) is 19.0. The van der Waals surface area contributed by atoms with Crippen LogP contribution in [0.3, 0.4) is 0 Å². The fraction of sp³-hybridized carbons (Fsp3) is 0.0952. The highest BCUT2D eigenvalue weighted by molar-refractivity contribution is 9.10. The zero-order valence-corrected chi connectivity index (χ0v) is 55.2. The fourth-order valence-electron chi connectivity index (χ4n) is 8.49. The number of benzene rings is 6. The molecule has 464 valence electrons. The van der Waals surface area contributed by atoms with Gasteiger partial charge in [-0.15, -0.1) is 20.4 Å². The molecule has 0 amide bonds. The first-order valence-corrected chi connectivity index (χ1v) is 31.9. The second kappa shape index (κ2) is 30.9. The summed E-state index contributed by atoms with van der Waals surface area (Å²) in [4.78, 5) is 53.0. The van der Waals surface area contributed by atoms with Crippen LogP contribution in [0.15, 0.2) is 205 Å². The molecule has 0 spiro atoms. The topological polar surface area (TPSA) is 274 Å². The molecule has 7 aromatic heterocycles. The average Bonchev–Trinajstić information content (AvgIpc) is 1.84. The molecule has 13 rings (SSSR count). The van der Waals surface area contributed by atoms with Gasteiger partial charge in [0.2, 0.25) is 17.1 Å². The highest BCUT2D eigenvalue weighted by atomic mass is 79.9. The van der Waals surface area contributed by atoms with Gasteiger partial charge in [0.15, 0.2) is 5.03 Å². The van der Waals surface area contributed by atoms with Crippen LogP contribution in [0.5, 0.6) is 11.5 Å². The number of pyridine rings is 4. The van der Waals surface area contributed by atoms with Crippen molar-refractivity contribution in [2.24, 2.45) is 0 Å². The third-order valence-corrected chi connectivity index (χ3v) is 17.2. The fourth-order valence-corrected chi connectivity index (χ4v) is 12.1. The Morgan fingerprint density at radius 3 is 1.29 bits per heavy atom. The number of esters is 1. The molecule has 29 heteroatoms. The minimum Gasteiger partial charge on any atom is -0.497 e. The van der Waals surface area contributed by atoms with Crippen LogP contribution in [0.2, 0.25) is 20.1 Å². The summed E-state index contributed by atoms with van der Waals surface area (Å²) in [5.74, 6) is -1.27. The van der Waals surface area contributed by atoms with Crippen molar-refractivity contribution in [3.63, 3.8) is 0 Å². The van der Waals surface area contributed by atoms with Crippen LogP contribution in [0.25, 0.3) is 43.6 Å². The Morgan fingerprint density at radius 2 is 0.880 bits per heavy atom. The number of fused-ring (bicyclic) bond motifs is 4. The van der Waals surface area contributed by atoms with Gasteiger partial charge in [0, 0.05) is 41.6 Å². The quantitative estimate of drug-likeness (QED) is 0.0599. The summed E-state index contributed by atoms with van der Waals surface area (Å²) in [6.07, 6.45) is 0. The number of hydrogen-bond donors (Lipinski definition) is 3. The van der Waals surface area contributed by atoms with Crippen molar-refractivity contribution < 1.29 is 38.8 Å². The number of H-pyrrole nitrogens is 1. The number of rotatable bonds is 16. The summed E-state index contributed by atoms with van der Waals surface area (Å²) in [5, 5.41) is 54.1. The van der Waals surface area contributed by atoms with E-state index in [4.69, 9.17) is 65.7 Å². The number of carboxylic acids is 2. The zero-order valence-electron chi connectivity index (χ0n) is 48.1. The van der Waals surface area contributed by atoms with Gasteiger partial charge >= 0.3 is 17.9 Å². The molecular formula is C63H46BrCl4N13O8S3. The number of halogens is 5. The first-order valence-electron chi connectivity index (χ1n) is 27.1. The first kappa shape index (κ1) is 66.0. The number of ether oxygens (including phenoxy) is 3. The largest absolute Gasteiger partial charge is 0.497 e. The third-order valence-electron chi connectivity index (χ3n) is 12.9. The molecule has 0 fully saturated rings. The molecule has 0 bridgehead atoms. The van der Waals surface area contributed by atoms with Gasteiger partial charge in [0.25, 0.3) is 0 Å². The minimum absolute atomic E-state index is 0.110. The van der Waals surface area contributed by atoms with Crippen molar-refractivity contribution in [2.45, 2.75) is 50.2 Å². The molecule has 13 aromatic rings. The van der Waals surface area contributed by atoms with E-state index >= 15 is 0 Å². The van der Waals surface area contributed by atoms with Crippen LogP contribution >= 0.6 is 97.6 Å². The van der Waals surface area contributed by atoms with Crippen molar-refractivity contribution in [2.75, 3.05) is 20.8 Å². The van der Waals surface area contributed by atoms with Gasteiger partial charge < -0.3 is 24.4 Å². The lowest BCUT2D eigenvalue weighted by Gasteiger charge is -2.09. The zero-order chi connectivity index (χ0) is 64.8. The molecule has 0 aliphatic rings. The molecule has 0 aliphatic carbocycles. The Labute approximate surface area is 564 Å². The summed E-state index contributed by atoms with van der Waals surface area (Å²) in [7, 11) is 3.22. The molecule has 92 heavy (non-hydrogen) atoms. The van der Waals surface area contributed by atoms with Crippen LogP contribution in [-0.4, -0.2) is 114 Å². The maximum absolute atomic E-state index is 12.5. The van der Waals surface area contributed by atoms with Crippen molar-refractivity contribution in [1.29, 1.82) is 0 Å². The Balaban J connectivity index is 0.000000141. The maximum Gasteiger partial charge on any atom is 0.361 e. The van der Waals surface area contributed by atoms with E-state index in [0.717, 1.165) is 87.6 Å². The van der Waals surface area contributed by atoms with Crippen LogP contribution < -0.4 is 9.47 Å². The van der Waals surface area contributed by atoms with E-state index < -0.39 is 17.9 Å². The molecule has 21 nitrogen and oxygen atoms in total. The summed E-state index contributed by atoms with van der Waals surface area (Å²) < 4.78 is 19.6. The van der Waals surface area contributed by atoms with E-state index in [2.05, 4.69) is 71.9 Å². The Kier molecular flexibility index (Phi) is 22.2. The lowest BCUT2D eigenvalue weighted by Crippen LogP contribution is -2.08. The first-order chi connectivity index (χ1) is 44.5. The summed E-state index contributed by atoms with van der Waals surface area (Å²) >= 11 is 30.8. The van der Waals surface area contributed by atoms with Gasteiger partial charge in [-0.05, 0) is 191 Å². The molecule has 0 saturated heterocycles. The van der Waals surface area contributed by atoms with Crippen LogP contribution in [-0.2, 0) is 17.8 Å². The molecular weight excluding hydrogens is 1380 g/mol. The molecule has 0 saturated carbocycles. The van der Waals surface area contributed by atoms with E-state index in [-0.39, 0.29) is 28.7 Å². The number of aromatic carboxylic acids is 2. The normalized spacial score (nSPS) is 10.9. The molecule has 7 heterocycles. The monoisotopic (exact) mass is 1430 g/mol. The third kappa shape index (κ3) is 17.2. The van der Waals surface area contributed by atoms with Gasteiger partial charge in [-0.25, -0.2) is 43.7 Å². The second-order valence-corrected chi connectivity index (χ2v) is 24.6. The van der Waals surface area contributed by atoms with Crippen LogP contribution in [0, 0.1) is 0 Å². The highest BCUT2D eigenvalue weighted by Crippen LogP contribution is 2.34. The lowest BCUT2D eigenvalue weighted by molar-refractivity contribution is 0.0513. The summed E-state index contributed by atoms with van der Waals surface area (Å²) in [5.41, 5.74) is 5.17. The van der Waals surface area contributed by atoms with Crippen molar-refractivity contribution >= 4 is 159 Å². The number of methoxy groups -OCH3 is 2. The number of nitrogens with one attached hydrogen (secondary N) is 1. The smallest absolute Gasteiger partial charge is 0.361 e.